The summed E-state index contributed by atoms with van der Waals surface area (Å²) in [6, 6.07) is 8.82. The normalized spacial score (nSPS) is 13.7. The molecular weight excluding hydrogens is 286 g/mol. The van der Waals surface area contributed by atoms with Crippen LogP contribution in [-0.2, 0) is 16.0 Å². The second kappa shape index (κ2) is 8.72. The van der Waals surface area contributed by atoms with Crippen molar-refractivity contribution in [2.45, 2.75) is 32.7 Å². The third-order valence-electron chi connectivity index (χ3n) is 3.24. The number of carboxylic acid groups (broad SMARTS) is 1. The SMILES string of the molecule is CC(C)C[C@H](NC(=O)C(CS)Cc1ccccc1)C(=O)O. The van der Waals surface area contributed by atoms with E-state index in [0.717, 1.165) is 5.56 Å². The lowest BCUT2D eigenvalue weighted by molar-refractivity contribution is -0.142. The molecule has 0 aliphatic rings. The van der Waals surface area contributed by atoms with Gasteiger partial charge in [0.1, 0.15) is 6.04 Å². The van der Waals surface area contributed by atoms with Gasteiger partial charge in [-0.2, -0.15) is 12.6 Å². The quantitative estimate of drug-likeness (QED) is 0.646. The van der Waals surface area contributed by atoms with E-state index in [9.17, 15) is 14.7 Å². The highest BCUT2D eigenvalue weighted by Crippen LogP contribution is 2.12. The molecule has 0 bridgehead atoms. The number of amides is 1. The van der Waals surface area contributed by atoms with Crippen LogP contribution in [0.25, 0.3) is 0 Å². The van der Waals surface area contributed by atoms with Crippen LogP contribution in [0.3, 0.4) is 0 Å². The van der Waals surface area contributed by atoms with E-state index in [2.05, 4.69) is 17.9 Å². The van der Waals surface area contributed by atoms with Crippen molar-refractivity contribution in [1.82, 2.24) is 5.32 Å². The lowest BCUT2D eigenvalue weighted by atomic mass is 9.98. The molecule has 4 nitrogen and oxygen atoms in total. The van der Waals surface area contributed by atoms with Crippen molar-refractivity contribution in [3.63, 3.8) is 0 Å². The molecule has 0 heterocycles. The summed E-state index contributed by atoms with van der Waals surface area (Å²) in [6.07, 6.45) is 0.982. The van der Waals surface area contributed by atoms with E-state index in [-0.39, 0.29) is 17.7 Å². The van der Waals surface area contributed by atoms with Gasteiger partial charge in [-0.15, -0.1) is 0 Å². The van der Waals surface area contributed by atoms with Crippen molar-refractivity contribution in [2.75, 3.05) is 5.75 Å². The summed E-state index contributed by atoms with van der Waals surface area (Å²) in [7, 11) is 0. The van der Waals surface area contributed by atoms with Gasteiger partial charge in [0.15, 0.2) is 0 Å². The topological polar surface area (TPSA) is 66.4 Å². The summed E-state index contributed by atoms with van der Waals surface area (Å²) >= 11 is 4.22. The molecule has 1 amide bonds. The fourth-order valence-electron chi connectivity index (χ4n) is 2.12. The molecule has 0 fully saturated rings. The van der Waals surface area contributed by atoms with Crippen LogP contribution in [-0.4, -0.2) is 28.8 Å². The van der Waals surface area contributed by atoms with Crippen molar-refractivity contribution in [1.29, 1.82) is 0 Å². The number of thiol groups is 1. The van der Waals surface area contributed by atoms with Crippen LogP contribution < -0.4 is 5.32 Å². The predicted molar refractivity (Wildman–Crippen MR) is 86.5 cm³/mol. The fourth-order valence-corrected chi connectivity index (χ4v) is 2.42. The van der Waals surface area contributed by atoms with Crippen molar-refractivity contribution < 1.29 is 14.7 Å². The fraction of sp³-hybridized carbons (Fsp3) is 0.500. The van der Waals surface area contributed by atoms with Crippen molar-refractivity contribution >= 4 is 24.5 Å². The average molecular weight is 309 g/mol. The maximum atomic E-state index is 12.3. The maximum absolute atomic E-state index is 12.3. The first-order valence-corrected chi connectivity index (χ1v) is 7.75. The second-order valence-electron chi connectivity index (χ2n) is 5.60. The summed E-state index contributed by atoms with van der Waals surface area (Å²) < 4.78 is 0. The Morgan fingerprint density at radius 1 is 1.24 bits per heavy atom. The van der Waals surface area contributed by atoms with Gasteiger partial charge in [-0.05, 0) is 24.3 Å². The number of hydrogen-bond donors (Lipinski definition) is 3. The van der Waals surface area contributed by atoms with Crippen LogP contribution in [0.5, 0.6) is 0 Å². The molecule has 0 spiro atoms. The highest BCUT2D eigenvalue weighted by atomic mass is 32.1. The molecule has 2 N–H and O–H groups in total. The molecule has 21 heavy (non-hydrogen) atoms. The minimum Gasteiger partial charge on any atom is -0.480 e. The summed E-state index contributed by atoms with van der Waals surface area (Å²) in [5.74, 6) is -0.981. The molecule has 0 saturated carbocycles. The molecule has 0 aliphatic heterocycles. The van der Waals surface area contributed by atoms with Gasteiger partial charge >= 0.3 is 5.97 Å². The van der Waals surface area contributed by atoms with E-state index in [1.807, 2.05) is 44.2 Å². The molecule has 1 aromatic rings. The molecule has 0 radical (unpaired) electrons. The van der Waals surface area contributed by atoms with Crippen LogP contribution in [0.4, 0.5) is 0 Å². The van der Waals surface area contributed by atoms with E-state index in [1.165, 1.54) is 0 Å². The van der Waals surface area contributed by atoms with Gasteiger partial charge < -0.3 is 10.4 Å². The highest BCUT2D eigenvalue weighted by molar-refractivity contribution is 7.80. The van der Waals surface area contributed by atoms with E-state index in [0.29, 0.717) is 18.6 Å². The van der Waals surface area contributed by atoms with Crippen LogP contribution in [0.15, 0.2) is 30.3 Å². The van der Waals surface area contributed by atoms with Crippen LogP contribution in [0, 0.1) is 11.8 Å². The number of benzene rings is 1. The van der Waals surface area contributed by atoms with Gasteiger partial charge in [-0.1, -0.05) is 44.2 Å². The number of carbonyl (C=O) groups is 2. The Hall–Kier alpha value is -1.49. The van der Waals surface area contributed by atoms with Gasteiger partial charge in [0.25, 0.3) is 0 Å². The lowest BCUT2D eigenvalue weighted by Crippen LogP contribution is -2.45. The van der Waals surface area contributed by atoms with Gasteiger partial charge in [-0.25, -0.2) is 4.79 Å². The Bertz CT molecular complexity index is 462. The standard InChI is InChI=1S/C16H23NO3S/c1-11(2)8-14(16(19)20)17-15(18)13(10-21)9-12-6-4-3-5-7-12/h3-7,11,13-14,21H,8-10H2,1-2H3,(H,17,18)(H,19,20)/t13?,14-/m0/s1. The molecule has 1 unspecified atom stereocenters. The zero-order valence-corrected chi connectivity index (χ0v) is 13.3. The first kappa shape index (κ1) is 17.6. The minimum atomic E-state index is -0.991. The van der Waals surface area contributed by atoms with Crippen molar-refractivity contribution in [2.24, 2.45) is 11.8 Å². The van der Waals surface area contributed by atoms with Gasteiger partial charge in [-0.3, -0.25) is 4.79 Å². The Kier molecular flexibility index (Phi) is 7.29. The smallest absolute Gasteiger partial charge is 0.326 e. The number of hydrogen-bond acceptors (Lipinski definition) is 3. The molecule has 0 aliphatic carbocycles. The molecule has 0 aromatic heterocycles. The summed E-state index contributed by atoms with van der Waals surface area (Å²) in [5.41, 5.74) is 1.04. The van der Waals surface area contributed by atoms with Gasteiger partial charge in [0.05, 0.1) is 5.92 Å². The Morgan fingerprint density at radius 2 is 1.86 bits per heavy atom. The molecule has 116 valence electrons. The van der Waals surface area contributed by atoms with E-state index in [1.54, 1.807) is 0 Å². The zero-order valence-electron chi connectivity index (χ0n) is 12.5. The van der Waals surface area contributed by atoms with Crippen molar-refractivity contribution in [3.05, 3.63) is 35.9 Å². The maximum Gasteiger partial charge on any atom is 0.326 e. The summed E-state index contributed by atoms with van der Waals surface area (Å²) in [6.45, 7) is 3.87. The zero-order chi connectivity index (χ0) is 15.8. The molecular formula is C16H23NO3S. The monoisotopic (exact) mass is 309 g/mol. The first-order valence-electron chi connectivity index (χ1n) is 7.12. The number of carbonyl (C=O) groups excluding carboxylic acids is 1. The molecule has 5 heteroatoms. The molecule has 0 saturated heterocycles. The number of aliphatic carboxylic acids is 1. The first-order chi connectivity index (χ1) is 9.93. The highest BCUT2D eigenvalue weighted by Gasteiger charge is 2.25. The van der Waals surface area contributed by atoms with Crippen molar-refractivity contribution in [3.8, 4) is 0 Å². The third kappa shape index (κ3) is 6.21. The van der Waals surface area contributed by atoms with Gasteiger partial charge in [0.2, 0.25) is 5.91 Å². The molecule has 1 rings (SSSR count). The number of nitrogens with one attached hydrogen (secondary N) is 1. The molecule has 1 aromatic carbocycles. The summed E-state index contributed by atoms with van der Waals surface area (Å²) in [4.78, 5) is 23.5. The Labute approximate surface area is 131 Å². The van der Waals surface area contributed by atoms with E-state index >= 15 is 0 Å². The average Bonchev–Trinajstić information content (AvgIpc) is 2.44. The Balaban J connectivity index is 2.67. The second-order valence-corrected chi connectivity index (χ2v) is 5.96. The molecule has 2 atom stereocenters. The van der Waals surface area contributed by atoms with E-state index in [4.69, 9.17) is 0 Å². The van der Waals surface area contributed by atoms with Crippen LogP contribution in [0.2, 0.25) is 0 Å². The third-order valence-corrected chi connectivity index (χ3v) is 3.68. The number of carboxylic acids is 1. The minimum absolute atomic E-state index is 0.204. The number of rotatable bonds is 8. The summed E-state index contributed by atoms with van der Waals surface area (Å²) in [5, 5.41) is 11.8. The largest absolute Gasteiger partial charge is 0.480 e. The lowest BCUT2D eigenvalue weighted by Gasteiger charge is -2.20. The van der Waals surface area contributed by atoms with E-state index < -0.39 is 12.0 Å². The van der Waals surface area contributed by atoms with Gasteiger partial charge in [0, 0.05) is 5.75 Å². The Morgan fingerprint density at radius 3 is 2.33 bits per heavy atom. The van der Waals surface area contributed by atoms with Crippen LogP contribution in [0.1, 0.15) is 25.8 Å². The predicted octanol–water partition coefficient (Wildman–Crippen LogP) is 2.39. The van der Waals surface area contributed by atoms with Crippen LogP contribution >= 0.6 is 12.6 Å².